The molecule has 0 radical (unpaired) electrons. The van der Waals surface area contributed by atoms with Gasteiger partial charge in [0, 0.05) is 11.1 Å². The smallest absolute Gasteiger partial charge is 0.0973 e. The fourth-order valence-corrected chi connectivity index (χ4v) is 8.68. The van der Waals surface area contributed by atoms with E-state index in [1.165, 1.54) is 71.6 Å². The third-order valence-corrected chi connectivity index (χ3v) is 11.0. The zero-order valence-corrected chi connectivity index (χ0v) is 29.4. The second-order valence-electron chi connectivity index (χ2n) is 14.0. The maximum absolute atomic E-state index is 5.33. The Hall–Kier alpha value is -7.16. The lowest BCUT2D eigenvalue weighted by atomic mass is 9.82. The molecule has 2 heteroatoms. The summed E-state index contributed by atoms with van der Waals surface area (Å²) in [5, 5.41) is 5.07. The minimum absolute atomic E-state index is 0.876. The lowest BCUT2D eigenvalue weighted by Gasteiger charge is -2.20. The summed E-state index contributed by atoms with van der Waals surface area (Å²) < 4.78 is 0. The highest BCUT2D eigenvalue weighted by Gasteiger charge is 2.31. The van der Waals surface area contributed by atoms with Gasteiger partial charge in [-0.2, -0.15) is 0 Å². The summed E-state index contributed by atoms with van der Waals surface area (Å²) >= 11 is 0. The van der Waals surface area contributed by atoms with Crippen LogP contribution in [-0.4, -0.2) is 9.97 Å². The summed E-state index contributed by atoms with van der Waals surface area (Å²) in [6.45, 7) is 0. The van der Waals surface area contributed by atoms with Crippen LogP contribution in [0.1, 0.15) is 0 Å². The summed E-state index contributed by atoms with van der Waals surface area (Å²) in [5.74, 6) is 0. The zero-order valence-electron chi connectivity index (χ0n) is 29.4. The van der Waals surface area contributed by atoms with Gasteiger partial charge in [-0.05, 0) is 89.3 Å². The Morgan fingerprint density at radius 3 is 1.26 bits per heavy atom. The SMILES string of the molecule is c1ccc(-c2nc3ccc(-c4ccc5c6c(cccc46)-c4c-5c(-c5ccccc5)c5ccccc5c4-c4ccccc4)cc3nc2-c2ccccc2)cc1. The van der Waals surface area contributed by atoms with Gasteiger partial charge in [0.2, 0.25) is 0 Å². The normalized spacial score (nSPS) is 11.7. The molecule has 2 nitrogen and oxygen atoms in total. The van der Waals surface area contributed by atoms with Crippen LogP contribution in [0.25, 0.3) is 111 Å². The van der Waals surface area contributed by atoms with Gasteiger partial charge < -0.3 is 0 Å². The van der Waals surface area contributed by atoms with Crippen LogP contribution in [0.5, 0.6) is 0 Å². The molecule has 0 N–H and O–H groups in total. The number of rotatable bonds is 5. The van der Waals surface area contributed by atoms with E-state index < -0.39 is 0 Å². The predicted octanol–water partition coefficient (Wildman–Crippen LogP) is 13.9. The summed E-state index contributed by atoms with van der Waals surface area (Å²) in [6, 6.07) is 69.6. The molecule has 0 atom stereocenters. The van der Waals surface area contributed by atoms with Crippen molar-refractivity contribution in [2.24, 2.45) is 0 Å². The first-order valence-corrected chi connectivity index (χ1v) is 18.5. The van der Waals surface area contributed by atoms with Gasteiger partial charge >= 0.3 is 0 Å². The Labute approximate surface area is 313 Å². The van der Waals surface area contributed by atoms with E-state index in [-0.39, 0.29) is 0 Å². The van der Waals surface area contributed by atoms with Crippen LogP contribution in [0.2, 0.25) is 0 Å². The first-order valence-electron chi connectivity index (χ1n) is 18.5. The maximum Gasteiger partial charge on any atom is 0.0973 e. The van der Waals surface area contributed by atoms with E-state index in [1.54, 1.807) is 0 Å². The number of hydrogen-bond donors (Lipinski definition) is 0. The van der Waals surface area contributed by atoms with Crippen molar-refractivity contribution in [1.82, 2.24) is 9.97 Å². The Kier molecular flexibility index (Phi) is 6.90. The minimum Gasteiger partial charge on any atom is -0.244 e. The quantitative estimate of drug-likeness (QED) is 0.180. The van der Waals surface area contributed by atoms with Gasteiger partial charge in [-0.3, -0.25) is 0 Å². The molecule has 0 fully saturated rings. The third-order valence-electron chi connectivity index (χ3n) is 11.0. The Morgan fingerprint density at radius 1 is 0.259 bits per heavy atom. The van der Waals surface area contributed by atoms with Gasteiger partial charge in [-0.1, -0.05) is 182 Å². The lowest BCUT2D eigenvalue weighted by Crippen LogP contribution is -1.96. The lowest BCUT2D eigenvalue weighted by molar-refractivity contribution is 1.29. The van der Waals surface area contributed by atoms with Crippen molar-refractivity contribution in [2.45, 2.75) is 0 Å². The maximum atomic E-state index is 5.33. The highest BCUT2D eigenvalue weighted by Crippen LogP contribution is 2.58. The molecule has 1 heterocycles. The average Bonchev–Trinajstić information content (AvgIpc) is 3.58. The van der Waals surface area contributed by atoms with Crippen LogP contribution >= 0.6 is 0 Å². The van der Waals surface area contributed by atoms with Crippen molar-refractivity contribution in [1.29, 1.82) is 0 Å². The highest BCUT2D eigenvalue weighted by atomic mass is 14.8. The van der Waals surface area contributed by atoms with Crippen LogP contribution in [-0.2, 0) is 0 Å². The Balaban J connectivity index is 1.17. The van der Waals surface area contributed by atoms with Gasteiger partial charge in [0.15, 0.2) is 0 Å². The van der Waals surface area contributed by atoms with E-state index in [9.17, 15) is 0 Å². The van der Waals surface area contributed by atoms with E-state index in [4.69, 9.17) is 9.97 Å². The van der Waals surface area contributed by atoms with E-state index >= 15 is 0 Å². The second kappa shape index (κ2) is 12.2. The summed E-state index contributed by atoms with van der Waals surface area (Å²) in [4.78, 5) is 10.6. The molecular weight excluding hydrogens is 653 g/mol. The number of nitrogens with zero attached hydrogens (tertiary/aromatic N) is 2. The zero-order chi connectivity index (χ0) is 35.6. The number of fused-ring (bicyclic) bond motifs is 5. The van der Waals surface area contributed by atoms with Crippen LogP contribution in [0.4, 0.5) is 0 Å². The summed E-state index contributed by atoms with van der Waals surface area (Å²) in [5.41, 5.74) is 18.1. The minimum atomic E-state index is 0.876. The number of benzene rings is 9. The molecule has 1 aromatic heterocycles. The van der Waals surface area contributed by atoms with Crippen LogP contribution < -0.4 is 0 Å². The first kappa shape index (κ1) is 30.5. The largest absolute Gasteiger partial charge is 0.244 e. The fourth-order valence-electron chi connectivity index (χ4n) is 8.68. The van der Waals surface area contributed by atoms with Gasteiger partial charge in [0.1, 0.15) is 0 Å². The van der Waals surface area contributed by atoms with E-state index in [2.05, 4.69) is 182 Å². The molecule has 0 saturated carbocycles. The summed E-state index contributed by atoms with van der Waals surface area (Å²) in [7, 11) is 0. The molecule has 0 saturated heterocycles. The van der Waals surface area contributed by atoms with Gasteiger partial charge in [0.05, 0.1) is 22.4 Å². The monoisotopic (exact) mass is 684 g/mol. The molecule has 0 spiro atoms. The summed E-state index contributed by atoms with van der Waals surface area (Å²) in [6.07, 6.45) is 0. The van der Waals surface area contributed by atoms with Crippen LogP contribution in [0.3, 0.4) is 0 Å². The van der Waals surface area contributed by atoms with E-state index in [1.807, 2.05) is 12.1 Å². The molecule has 10 aromatic rings. The Bertz CT molecular complexity index is 2970. The molecule has 1 aliphatic rings. The van der Waals surface area contributed by atoms with Crippen molar-refractivity contribution in [2.75, 3.05) is 0 Å². The Morgan fingerprint density at radius 2 is 0.704 bits per heavy atom. The number of hydrogen-bond acceptors (Lipinski definition) is 2. The van der Waals surface area contributed by atoms with Crippen molar-refractivity contribution in [3.05, 3.63) is 194 Å². The van der Waals surface area contributed by atoms with Crippen LogP contribution in [0, 0.1) is 0 Å². The van der Waals surface area contributed by atoms with Crippen molar-refractivity contribution in [3.63, 3.8) is 0 Å². The standard InChI is InChI=1S/C52H32N2/c1-5-16-33(17-6-1)46-40-24-13-14-25-41(40)47(34-18-7-2-8-19-34)50-43-30-29-38(39-26-15-27-42(48(39)43)49(46)50)37-28-31-44-45(32-37)54-52(36-22-11-4-12-23-36)51(53-44)35-20-9-3-10-21-35/h1-32H. The molecule has 54 heavy (non-hydrogen) atoms. The van der Waals surface area contributed by atoms with Gasteiger partial charge in [-0.15, -0.1) is 0 Å². The molecule has 0 bridgehead atoms. The topological polar surface area (TPSA) is 25.8 Å². The molecule has 0 aliphatic heterocycles. The number of aromatic nitrogens is 2. The molecular formula is C52H32N2. The molecule has 250 valence electrons. The molecule has 9 aromatic carbocycles. The van der Waals surface area contributed by atoms with Crippen molar-refractivity contribution < 1.29 is 0 Å². The van der Waals surface area contributed by atoms with Crippen LogP contribution in [0.15, 0.2) is 194 Å². The average molecular weight is 685 g/mol. The highest BCUT2D eigenvalue weighted by molar-refractivity contribution is 6.28. The molecule has 0 unspecified atom stereocenters. The van der Waals surface area contributed by atoms with E-state index in [0.29, 0.717) is 0 Å². The van der Waals surface area contributed by atoms with Crippen molar-refractivity contribution in [3.8, 4) is 78.1 Å². The third kappa shape index (κ3) is 4.67. The van der Waals surface area contributed by atoms with E-state index in [0.717, 1.165) is 39.1 Å². The second-order valence-corrected chi connectivity index (χ2v) is 14.0. The predicted molar refractivity (Wildman–Crippen MR) is 226 cm³/mol. The van der Waals surface area contributed by atoms with Gasteiger partial charge in [-0.25, -0.2) is 9.97 Å². The molecule has 1 aliphatic carbocycles. The molecule has 0 amide bonds. The first-order chi connectivity index (χ1) is 26.8. The van der Waals surface area contributed by atoms with Crippen molar-refractivity contribution >= 4 is 32.6 Å². The molecule has 11 rings (SSSR count). The fraction of sp³-hybridized carbons (Fsp3) is 0. The van der Waals surface area contributed by atoms with Gasteiger partial charge in [0.25, 0.3) is 0 Å².